The van der Waals surface area contributed by atoms with Gasteiger partial charge >= 0.3 is 0 Å². The van der Waals surface area contributed by atoms with Crippen molar-refractivity contribution in [2.24, 2.45) is 0 Å². The number of furan rings is 2. The number of nitrogens with zero attached hydrogens (tertiary/aromatic N) is 1. The van der Waals surface area contributed by atoms with E-state index in [0.717, 1.165) is 72.9 Å². The summed E-state index contributed by atoms with van der Waals surface area (Å²) in [5, 5.41) is 3.25. The summed E-state index contributed by atoms with van der Waals surface area (Å²) in [5.41, 5.74) is 20.0. The van der Waals surface area contributed by atoms with E-state index in [4.69, 9.17) is 8.83 Å². The van der Waals surface area contributed by atoms with Crippen LogP contribution in [0.15, 0.2) is 191 Å². The van der Waals surface area contributed by atoms with Gasteiger partial charge in [0.1, 0.15) is 16.9 Å². The largest absolute Gasteiger partial charge is 0.457 e. The van der Waals surface area contributed by atoms with Gasteiger partial charge in [-0.3, -0.25) is 4.98 Å². The zero-order chi connectivity index (χ0) is 42.2. The standard InChI is InChI=1S/C59H49NO2/c1-5-11-52(38(4)6-2)55-35-48(21-25-53(55)40-18-19-40)45-16-8-12-41(30-45)39(7-3)20-24-51-34-50-33-47(22-26-57(50)61-51)44-15-9-13-42(31-44)43-14-10-17-46(32-43)49-23-27-58-56(36-49)54-28-29-60-37-59(54)62-58/h5,7-17,20-37,40H,6,18-19H2,1-4H3/b11-5-,24-20-,39-7+,52-38+. The van der Waals surface area contributed by atoms with Crippen LogP contribution in [-0.2, 0) is 0 Å². The monoisotopic (exact) mass is 803 g/mol. The molecule has 0 N–H and O–H groups in total. The number of fused-ring (bicyclic) bond motifs is 4. The second kappa shape index (κ2) is 16.7. The lowest BCUT2D eigenvalue weighted by atomic mass is 9.89. The van der Waals surface area contributed by atoms with Gasteiger partial charge in [-0.2, -0.15) is 0 Å². The van der Waals surface area contributed by atoms with E-state index in [2.05, 4.69) is 197 Å². The SMILES string of the molecule is C/C=C\C(=C(\C)CC)c1cc(-c2cccc(C(/C=C\c3cc4cc(-c5cccc(-c6cccc(-c7ccc8oc9cnccc9c8c7)c6)c5)ccc4o3)=C/C)c2)ccc1C1CC1. The molecule has 0 atom stereocenters. The van der Waals surface area contributed by atoms with E-state index in [1.165, 1.54) is 62.9 Å². The molecule has 1 aliphatic rings. The van der Waals surface area contributed by atoms with Gasteiger partial charge in [-0.05, 0) is 185 Å². The summed E-state index contributed by atoms with van der Waals surface area (Å²) in [6, 6.07) is 50.6. The molecule has 302 valence electrons. The third kappa shape index (κ3) is 7.67. The molecule has 1 saturated carbocycles. The minimum Gasteiger partial charge on any atom is -0.457 e. The predicted octanol–water partition coefficient (Wildman–Crippen LogP) is 17.1. The van der Waals surface area contributed by atoms with E-state index in [-0.39, 0.29) is 0 Å². The Morgan fingerprint density at radius 1 is 0.613 bits per heavy atom. The highest BCUT2D eigenvalue weighted by molar-refractivity contribution is 6.06. The molecule has 0 bridgehead atoms. The van der Waals surface area contributed by atoms with Crippen molar-refractivity contribution in [3.63, 3.8) is 0 Å². The molecule has 1 aliphatic carbocycles. The lowest BCUT2D eigenvalue weighted by Crippen LogP contribution is -1.95. The number of rotatable bonds is 11. The van der Waals surface area contributed by atoms with E-state index in [1.807, 2.05) is 12.3 Å². The molecule has 3 nitrogen and oxygen atoms in total. The fourth-order valence-electron chi connectivity index (χ4n) is 8.84. The van der Waals surface area contributed by atoms with Crippen molar-refractivity contribution in [1.29, 1.82) is 0 Å². The summed E-state index contributed by atoms with van der Waals surface area (Å²) in [7, 11) is 0. The van der Waals surface area contributed by atoms with Crippen molar-refractivity contribution in [2.45, 2.75) is 52.9 Å². The molecule has 3 heterocycles. The number of hydrogen-bond acceptors (Lipinski definition) is 3. The molecular formula is C59H49NO2. The van der Waals surface area contributed by atoms with Crippen molar-refractivity contribution in [3.8, 4) is 44.5 Å². The normalized spacial score (nSPS) is 13.9. The molecule has 3 heteroatoms. The minimum atomic E-state index is 0.678. The van der Waals surface area contributed by atoms with Crippen LogP contribution >= 0.6 is 0 Å². The Morgan fingerprint density at radius 2 is 1.26 bits per heavy atom. The van der Waals surface area contributed by atoms with Crippen LogP contribution in [0.4, 0.5) is 0 Å². The second-order valence-corrected chi connectivity index (χ2v) is 16.5. The second-order valence-electron chi connectivity index (χ2n) is 16.5. The summed E-state index contributed by atoms with van der Waals surface area (Å²) in [4.78, 5) is 4.23. The van der Waals surface area contributed by atoms with Crippen molar-refractivity contribution in [3.05, 3.63) is 204 Å². The van der Waals surface area contributed by atoms with Crippen LogP contribution in [0.25, 0.3) is 94.6 Å². The highest BCUT2D eigenvalue weighted by Gasteiger charge is 2.27. The van der Waals surface area contributed by atoms with Crippen LogP contribution in [0.5, 0.6) is 0 Å². The zero-order valence-electron chi connectivity index (χ0n) is 35.8. The minimum absolute atomic E-state index is 0.678. The van der Waals surface area contributed by atoms with Crippen LogP contribution in [0.3, 0.4) is 0 Å². The molecule has 62 heavy (non-hydrogen) atoms. The Labute approximate surface area is 364 Å². The van der Waals surface area contributed by atoms with Gasteiger partial charge in [0.15, 0.2) is 5.58 Å². The van der Waals surface area contributed by atoms with Crippen molar-refractivity contribution >= 4 is 50.1 Å². The molecule has 0 radical (unpaired) electrons. The highest BCUT2D eigenvalue weighted by atomic mass is 16.3. The average Bonchev–Trinajstić information content (AvgIpc) is 3.99. The van der Waals surface area contributed by atoms with E-state index < -0.39 is 0 Å². The van der Waals surface area contributed by atoms with Gasteiger partial charge in [-0.15, -0.1) is 0 Å². The third-order valence-corrected chi connectivity index (χ3v) is 12.5. The number of benzene rings is 6. The van der Waals surface area contributed by atoms with Crippen LogP contribution in [0.2, 0.25) is 0 Å². The van der Waals surface area contributed by atoms with E-state index in [0.29, 0.717) is 5.92 Å². The third-order valence-electron chi connectivity index (χ3n) is 12.5. The maximum absolute atomic E-state index is 6.36. The summed E-state index contributed by atoms with van der Waals surface area (Å²) in [6.07, 6.45) is 18.1. The van der Waals surface area contributed by atoms with Gasteiger partial charge in [0.25, 0.3) is 0 Å². The molecule has 9 aromatic rings. The first kappa shape index (κ1) is 38.9. The highest BCUT2D eigenvalue weighted by Crippen LogP contribution is 2.45. The van der Waals surface area contributed by atoms with E-state index in [9.17, 15) is 0 Å². The Balaban J connectivity index is 0.890. The van der Waals surface area contributed by atoms with Crippen LogP contribution in [0.1, 0.15) is 75.3 Å². The van der Waals surface area contributed by atoms with Crippen molar-refractivity contribution in [1.82, 2.24) is 4.98 Å². The molecule has 6 aromatic carbocycles. The molecule has 0 unspecified atom stereocenters. The maximum atomic E-state index is 6.36. The van der Waals surface area contributed by atoms with Crippen molar-refractivity contribution < 1.29 is 8.83 Å². The molecule has 3 aromatic heterocycles. The van der Waals surface area contributed by atoms with Gasteiger partial charge in [0, 0.05) is 22.4 Å². The van der Waals surface area contributed by atoms with Gasteiger partial charge in [-0.25, -0.2) is 0 Å². The zero-order valence-corrected chi connectivity index (χ0v) is 35.8. The number of aromatic nitrogens is 1. The molecule has 0 aliphatic heterocycles. The fourth-order valence-corrected chi connectivity index (χ4v) is 8.84. The van der Waals surface area contributed by atoms with Gasteiger partial charge in [0.2, 0.25) is 0 Å². The summed E-state index contributed by atoms with van der Waals surface area (Å²) < 4.78 is 12.4. The smallest absolute Gasteiger partial charge is 0.153 e. The lowest BCUT2D eigenvalue weighted by Gasteiger charge is -2.16. The van der Waals surface area contributed by atoms with Crippen LogP contribution in [0, 0.1) is 0 Å². The summed E-state index contributed by atoms with van der Waals surface area (Å²) in [6.45, 7) is 8.75. The molecule has 1 fully saturated rings. The van der Waals surface area contributed by atoms with Gasteiger partial charge in [0.05, 0.1) is 6.20 Å². The summed E-state index contributed by atoms with van der Waals surface area (Å²) in [5.74, 6) is 1.50. The fraction of sp³-hybridized carbons (Fsp3) is 0.136. The molecule has 0 spiro atoms. The van der Waals surface area contributed by atoms with E-state index in [1.54, 1.807) is 6.20 Å². The first-order chi connectivity index (χ1) is 30.5. The topological polar surface area (TPSA) is 39.2 Å². The number of allylic oxidation sites excluding steroid dienone is 7. The average molecular weight is 804 g/mol. The lowest BCUT2D eigenvalue weighted by molar-refractivity contribution is 0.604. The predicted molar refractivity (Wildman–Crippen MR) is 262 cm³/mol. The Hall–Kier alpha value is -7.23. The van der Waals surface area contributed by atoms with Crippen LogP contribution in [-0.4, -0.2) is 4.98 Å². The van der Waals surface area contributed by atoms with Crippen molar-refractivity contribution in [2.75, 3.05) is 0 Å². The van der Waals surface area contributed by atoms with E-state index >= 15 is 0 Å². The summed E-state index contributed by atoms with van der Waals surface area (Å²) >= 11 is 0. The first-order valence-corrected chi connectivity index (χ1v) is 21.9. The van der Waals surface area contributed by atoms with Crippen LogP contribution < -0.4 is 0 Å². The maximum Gasteiger partial charge on any atom is 0.153 e. The molecule has 0 saturated heterocycles. The first-order valence-electron chi connectivity index (χ1n) is 21.9. The quantitative estimate of drug-likeness (QED) is 0.122. The Bertz CT molecular complexity index is 3270. The molecule has 10 rings (SSSR count). The van der Waals surface area contributed by atoms with Gasteiger partial charge < -0.3 is 8.83 Å². The Kier molecular flexibility index (Phi) is 10.5. The Morgan fingerprint density at radius 3 is 1.95 bits per heavy atom. The van der Waals surface area contributed by atoms with Gasteiger partial charge in [-0.1, -0.05) is 116 Å². The molecular weight excluding hydrogens is 755 g/mol. The number of hydrogen-bond donors (Lipinski definition) is 0. The molecule has 0 amide bonds. The number of pyridine rings is 1.